The molecular weight excluding hydrogens is 489 g/mol. The second kappa shape index (κ2) is 9.38. The second-order valence-electron chi connectivity index (χ2n) is 6.89. The summed E-state index contributed by atoms with van der Waals surface area (Å²) >= 11 is 6.49. The van der Waals surface area contributed by atoms with E-state index < -0.39 is 27.1 Å². The zero-order chi connectivity index (χ0) is 23.6. The van der Waals surface area contributed by atoms with Crippen LogP contribution >= 0.6 is 23.4 Å². The standard InChI is InChI=1S/C23H15ClFNO5S2/c24-17-9-11-18(12-10-17)33(29,30)31-20-8-4-2-5-15(20)13-21-22(27)26(23(28)32-21)14-16-6-1-3-7-19(16)25/h1-13H,14H2/b21-13-. The minimum absolute atomic E-state index is 0.0200. The predicted octanol–water partition coefficient (Wildman–Crippen LogP) is 5.48. The van der Waals surface area contributed by atoms with Crippen molar-refractivity contribution < 1.29 is 26.6 Å². The lowest BCUT2D eigenvalue weighted by Crippen LogP contribution is -2.27. The van der Waals surface area contributed by atoms with Gasteiger partial charge < -0.3 is 4.18 Å². The Morgan fingerprint density at radius 3 is 2.36 bits per heavy atom. The third kappa shape index (κ3) is 5.11. The summed E-state index contributed by atoms with van der Waals surface area (Å²) in [5.74, 6) is -1.15. The van der Waals surface area contributed by atoms with Gasteiger partial charge in [0, 0.05) is 16.1 Å². The number of amides is 2. The number of halogens is 2. The molecule has 1 aliphatic rings. The summed E-state index contributed by atoms with van der Waals surface area (Å²) in [6, 6.07) is 17.6. The maximum Gasteiger partial charge on any atom is 0.339 e. The molecule has 0 atom stereocenters. The van der Waals surface area contributed by atoms with Gasteiger partial charge in [-0.3, -0.25) is 14.5 Å². The molecule has 0 radical (unpaired) electrons. The van der Waals surface area contributed by atoms with Gasteiger partial charge >= 0.3 is 10.1 Å². The van der Waals surface area contributed by atoms with Crippen LogP contribution in [0.2, 0.25) is 5.02 Å². The summed E-state index contributed by atoms with van der Waals surface area (Å²) in [5, 5.41) is -0.179. The minimum atomic E-state index is -4.17. The Hall–Kier alpha value is -3.14. The van der Waals surface area contributed by atoms with Crippen molar-refractivity contribution in [2.75, 3.05) is 0 Å². The van der Waals surface area contributed by atoms with Crippen LogP contribution in [0.5, 0.6) is 5.75 Å². The number of carbonyl (C=O) groups is 2. The topological polar surface area (TPSA) is 80.8 Å². The molecule has 168 valence electrons. The number of imide groups is 1. The van der Waals surface area contributed by atoms with E-state index in [4.69, 9.17) is 15.8 Å². The number of thioether (sulfide) groups is 1. The molecule has 3 aromatic rings. The zero-order valence-electron chi connectivity index (χ0n) is 16.8. The number of rotatable bonds is 6. The zero-order valence-corrected chi connectivity index (χ0v) is 19.2. The van der Waals surface area contributed by atoms with Gasteiger partial charge in [0.2, 0.25) is 0 Å². The third-order valence-electron chi connectivity index (χ3n) is 4.67. The number of benzene rings is 3. The second-order valence-corrected chi connectivity index (χ2v) is 9.86. The van der Waals surface area contributed by atoms with Gasteiger partial charge in [-0.1, -0.05) is 48.0 Å². The fraction of sp³-hybridized carbons (Fsp3) is 0.0435. The van der Waals surface area contributed by atoms with Crippen molar-refractivity contribution in [2.45, 2.75) is 11.4 Å². The lowest BCUT2D eigenvalue weighted by Gasteiger charge is -2.13. The van der Waals surface area contributed by atoms with Crippen molar-refractivity contribution >= 4 is 50.7 Å². The van der Waals surface area contributed by atoms with Crippen molar-refractivity contribution in [2.24, 2.45) is 0 Å². The van der Waals surface area contributed by atoms with Gasteiger partial charge in [0.1, 0.15) is 16.5 Å². The molecule has 4 rings (SSSR count). The average Bonchev–Trinajstić information content (AvgIpc) is 3.04. The summed E-state index contributed by atoms with van der Waals surface area (Å²) in [5.41, 5.74) is 0.491. The molecule has 0 bridgehead atoms. The number of carbonyl (C=O) groups excluding carboxylic acids is 2. The van der Waals surface area contributed by atoms with Gasteiger partial charge in [0.15, 0.2) is 0 Å². The number of hydrogen-bond donors (Lipinski definition) is 0. The van der Waals surface area contributed by atoms with Crippen molar-refractivity contribution in [3.63, 3.8) is 0 Å². The molecule has 0 aliphatic carbocycles. The fourth-order valence-electron chi connectivity index (χ4n) is 3.02. The maximum atomic E-state index is 14.0. The molecule has 1 heterocycles. The van der Waals surface area contributed by atoms with Crippen LogP contribution in [0.3, 0.4) is 0 Å². The Morgan fingerprint density at radius 1 is 0.970 bits per heavy atom. The predicted molar refractivity (Wildman–Crippen MR) is 124 cm³/mol. The molecule has 1 saturated heterocycles. The van der Waals surface area contributed by atoms with E-state index in [0.717, 1.165) is 4.90 Å². The Morgan fingerprint density at radius 2 is 1.64 bits per heavy atom. The Kier molecular flexibility index (Phi) is 6.55. The minimum Gasteiger partial charge on any atom is -0.378 e. The van der Waals surface area contributed by atoms with E-state index in [2.05, 4.69) is 0 Å². The molecule has 3 aromatic carbocycles. The van der Waals surface area contributed by atoms with Crippen LogP contribution in [-0.2, 0) is 21.5 Å². The normalized spacial score (nSPS) is 15.3. The van der Waals surface area contributed by atoms with Crippen molar-refractivity contribution in [1.29, 1.82) is 0 Å². The first kappa shape index (κ1) is 23.0. The molecule has 1 fully saturated rings. The largest absolute Gasteiger partial charge is 0.378 e. The molecule has 0 unspecified atom stereocenters. The molecule has 10 heteroatoms. The van der Waals surface area contributed by atoms with E-state index in [-0.39, 0.29) is 33.2 Å². The number of hydrogen-bond acceptors (Lipinski definition) is 6. The Labute approximate surface area is 198 Å². The quantitative estimate of drug-likeness (QED) is 0.327. The van der Waals surface area contributed by atoms with Crippen LogP contribution in [-0.4, -0.2) is 24.5 Å². The van der Waals surface area contributed by atoms with E-state index >= 15 is 0 Å². The van der Waals surface area contributed by atoms with Crippen molar-refractivity contribution in [1.82, 2.24) is 4.90 Å². The van der Waals surface area contributed by atoms with Crippen molar-refractivity contribution in [3.05, 3.63) is 99.7 Å². The molecule has 0 spiro atoms. The lowest BCUT2D eigenvalue weighted by molar-refractivity contribution is -0.123. The molecule has 6 nitrogen and oxygen atoms in total. The molecule has 0 aromatic heterocycles. The molecular formula is C23H15ClFNO5S2. The van der Waals surface area contributed by atoms with Crippen LogP contribution < -0.4 is 4.18 Å². The fourth-order valence-corrected chi connectivity index (χ4v) is 4.93. The van der Waals surface area contributed by atoms with E-state index in [1.807, 2.05) is 0 Å². The van der Waals surface area contributed by atoms with E-state index in [1.54, 1.807) is 24.3 Å². The van der Waals surface area contributed by atoms with Crippen LogP contribution in [0, 0.1) is 5.82 Å². The first-order chi connectivity index (χ1) is 15.7. The SMILES string of the molecule is O=C1S/C(=C\c2ccccc2OS(=O)(=O)c2ccc(Cl)cc2)C(=O)N1Cc1ccccc1F. The first-order valence-electron chi connectivity index (χ1n) is 9.52. The summed E-state index contributed by atoms with van der Waals surface area (Å²) in [4.78, 5) is 26.1. The average molecular weight is 504 g/mol. The van der Waals surface area contributed by atoms with Gasteiger partial charge in [-0.05, 0) is 54.2 Å². The van der Waals surface area contributed by atoms with Crippen LogP contribution in [0.15, 0.2) is 82.6 Å². The molecule has 1 aliphatic heterocycles. The number of nitrogens with zero attached hydrogens (tertiary/aromatic N) is 1. The highest BCUT2D eigenvalue weighted by molar-refractivity contribution is 8.18. The lowest BCUT2D eigenvalue weighted by atomic mass is 10.1. The third-order valence-corrected chi connectivity index (χ3v) is 7.08. The van der Waals surface area contributed by atoms with Crippen molar-refractivity contribution in [3.8, 4) is 5.75 Å². The van der Waals surface area contributed by atoms with Crippen LogP contribution in [0.25, 0.3) is 6.08 Å². The Balaban J connectivity index is 1.60. The highest BCUT2D eigenvalue weighted by atomic mass is 35.5. The van der Waals surface area contributed by atoms with Crippen LogP contribution in [0.4, 0.5) is 9.18 Å². The maximum absolute atomic E-state index is 14.0. The molecule has 0 saturated carbocycles. The van der Waals surface area contributed by atoms with Gasteiger partial charge in [-0.25, -0.2) is 4.39 Å². The summed E-state index contributed by atoms with van der Waals surface area (Å²) in [6.07, 6.45) is 1.37. The van der Waals surface area contributed by atoms with Gasteiger partial charge in [-0.2, -0.15) is 8.42 Å². The molecule has 0 N–H and O–H groups in total. The Bertz CT molecular complexity index is 1370. The number of para-hydroxylation sites is 1. The highest BCUT2D eigenvalue weighted by Crippen LogP contribution is 2.35. The van der Waals surface area contributed by atoms with E-state index in [0.29, 0.717) is 16.8 Å². The summed E-state index contributed by atoms with van der Waals surface area (Å²) < 4.78 is 44.5. The smallest absolute Gasteiger partial charge is 0.339 e. The van der Waals surface area contributed by atoms with Gasteiger partial charge in [0.25, 0.3) is 11.1 Å². The van der Waals surface area contributed by atoms with Crippen LogP contribution in [0.1, 0.15) is 11.1 Å². The highest BCUT2D eigenvalue weighted by Gasteiger charge is 2.35. The van der Waals surface area contributed by atoms with E-state index in [1.165, 1.54) is 54.6 Å². The van der Waals surface area contributed by atoms with Gasteiger partial charge in [0.05, 0.1) is 11.4 Å². The molecule has 33 heavy (non-hydrogen) atoms. The molecule has 2 amide bonds. The monoisotopic (exact) mass is 503 g/mol. The summed E-state index contributed by atoms with van der Waals surface area (Å²) in [6.45, 7) is -0.211. The van der Waals surface area contributed by atoms with Gasteiger partial charge in [-0.15, -0.1) is 0 Å². The summed E-state index contributed by atoms with van der Waals surface area (Å²) in [7, 11) is -4.17. The van der Waals surface area contributed by atoms with E-state index in [9.17, 15) is 22.4 Å². The first-order valence-corrected chi connectivity index (χ1v) is 12.1.